The highest BCUT2D eigenvalue weighted by Gasteiger charge is 2.45. The number of fused-ring (bicyclic) bond motifs is 1. The molecule has 42 heavy (non-hydrogen) atoms. The number of benzene rings is 2. The first kappa shape index (κ1) is 29.5. The van der Waals surface area contributed by atoms with E-state index < -0.39 is 12.0 Å². The van der Waals surface area contributed by atoms with Crippen molar-refractivity contribution in [2.75, 3.05) is 24.9 Å². The molecule has 8 nitrogen and oxygen atoms in total. The van der Waals surface area contributed by atoms with Crippen molar-refractivity contribution >= 4 is 57.3 Å². The van der Waals surface area contributed by atoms with E-state index in [1.54, 1.807) is 18.3 Å². The van der Waals surface area contributed by atoms with Gasteiger partial charge < -0.3 is 20.1 Å². The van der Waals surface area contributed by atoms with Crippen molar-refractivity contribution in [2.24, 2.45) is 0 Å². The van der Waals surface area contributed by atoms with Gasteiger partial charge in [-0.25, -0.2) is 23.7 Å². The lowest BCUT2D eigenvalue weighted by Crippen LogP contribution is -2.44. The van der Waals surface area contributed by atoms with Gasteiger partial charge in [-0.2, -0.15) is 0 Å². The number of aryl methyl sites for hydroxylation is 1. The van der Waals surface area contributed by atoms with E-state index in [1.165, 1.54) is 20.3 Å². The number of ether oxygens (including phenoxy) is 2. The van der Waals surface area contributed by atoms with Crippen LogP contribution >= 0.6 is 23.2 Å². The lowest BCUT2D eigenvalue weighted by molar-refractivity contribution is -0.114. The Hall–Kier alpha value is -4.02. The Morgan fingerprint density at radius 1 is 1.14 bits per heavy atom. The van der Waals surface area contributed by atoms with Gasteiger partial charge in [0.25, 0.3) is 5.92 Å². The number of methoxy groups -OCH3 is 2. The summed E-state index contributed by atoms with van der Waals surface area (Å²) in [5.41, 5.74) is 3.41. The molecule has 0 atom stereocenters. The molecule has 218 valence electrons. The summed E-state index contributed by atoms with van der Waals surface area (Å²) in [6.07, 6.45) is 2.34. The van der Waals surface area contributed by atoms with Crippen LogP contribution < -0.4 is 20.1 Å². The van der Waals surface area contributed by atoms with Gasteiger partial charge in [0.15, 0.2) is 11.6 Å². The molecule has 0 saturated heterocycles. The van der Waals surface area contributed by atoms with Gasteiger partial charge in [-0.3, -0.25) is 4.79 Å². The van der Waals surface area contributed by atoms with Crippen LogP contribution in [0.3, 0.4) is 0 Å². The van der Waals surface area contributed by atoms with Crippen LogP contribution in [0.15, 0.2) is 49.2 Å². The van der Waals surface area contributed by atoms with Crippen LogP contribution in [0.5, 0.6) is 11.5 Å². The second-order valence-electron chi connectivity index (χ2n) is 9.96. The van der Waals surface area contributed by atoms with Gasteiger partial charge in [0, 0.05) is 54.2 Å². The molecule has 0 aliphatic heterocycles. The molecule has 2 N–H and O–H groups in total. The van der Waals surface area contributed by atoms with Crippen molar-refractivity contribution in [2.45, 2.75) is 38.2 Å². The Morgan fingerprint density at radius 2 is 1.83 bits per heavy atom. The summed E-state index contributed by atoms with van der Waals surface area (Å²) in [6.45, 7) is 5.46. The minimum atomic E-state index is -2.75. The standard InChI is InChI=1S/C30H27Cl2F2N5O3/c1-5-19(40)9-16-8-6-7-15(2)26(16)38-29-35-14-17-10-20(23-24(31)21(41-3)11-22(42-4)25(23)32)37-28(27(17)39-29)36-18-12-30(33,34)13-18/h5-8,10-11,14,18H,1,9,12-13H2,2-4H3,(H,36,37)(H,35,38,39). The molecule has 1 aliphatic rings. The number of allylic oxidation sites excluding steroid dienone is 1. The number of aromatic nitrogens is 3. The van der Waals surface area contributed by atoms with E-state index in [-0.39, 0.29) is 46.9 Å². The summed E-state index contributed by atoms with van der Waals surface area (Å²) in [6, 6.07) is 8.35. The van der Waals surface area contributed by atoms with Gasteiger partial charge >= 0.3 is 0 Å². The summed E-state index contributed by atoms with van der Waals surface area (Å²) in [5, 5.41) is 7.30. The van der Waals surface area contributed by atoms with E-state index in [0.717, 1.165) is 11.1 Å². The molecule has 0 unspecified atom stereocenters. The lowest BCUT2D eigenvalue weighted by atomic mass is 9.88. The Kier molecular flexibility index (Phi) is 8.21. The summed E-state index contributed by atoms with van der Waals surface area (Å²) in [7, 11) is 2.93. The number of para-hydroxylation sites is 1. The Morgan fingerprint density at radius 3 is 2.45 bits per heavy atom. The van der Waals surface area contributed by atoms with Crippen molar-refractivity contribution < 1.29 is 23.0 Å². The molecule has 1 fully saturated rings. The van der Waals surface area contributed by atoms with Crippen LogP contribution in [-0.4, -0.2) is 46.9 Å². The summed E-state index contributed by atoms with van der Waals surface area (Å²) in [4.78, 5) is 26.0. The topological polar surface area (TPSA) is 98.3 Å². The van der Waals surface area contributed by atoms with E-state index >= 15 is 0 Å². The fourth-order valence-electron chi connectivity index (χ4n) is 4.82. The number of hydrogen-bond donors (Lipinski definition) is 2. The Labute approximate surface area is 251 Å². The predicted octanol–water partition coefficient (Wildman–Crippen LogP) is 7.58. The van der Waals surface area contributed by atoms with Crippen molar-refractivity contribution in [1.29, 1.82) is 0 Å². The number of carbonyl (C=O) groups is 1. The third-order valence-corrected chi connectivity index (χ3v) is 7.77. The number of alkyl halides is 2. The molecule has 0 radical (unpaired) electrons. The largest absolute Gasteiger partial charge is 0.495 e. The first-order valence-electron chi connectivity index (χ1n) is 13.0. The number of rotatable bonds is 10. The minimum absolute atomic E-state index is 0.130. The number of halogens is 4. The third kappa shape index (κ3) is 5.82. The monoisotopic (exact) mass is 613 g/mol. The van der Waals surface area contributed by atoms with Crippen molar-refractivity contribution in [3.63, 3.8) is 0 Å². The van der Waals surface area contributed by atoms with Crippen LogP contribution in [0.4, 0.5) is 26.2 Å². The molecular formula is C30H27Cl2F2N5O3. The van der Waals surface area contributed by atoms with Crippen molar-refractivity contribution in [1.82, 2.24) is 15.0 Å². The molecular weight excluding hydrogens is 587 g/mol. The molecule has 1 saturated carbocycles. The maximum atomic E-state index is 13.7. The summed E-state index contributed by atoms with van der Waals surface area (Å²) >= 11 is 13.3. The van der Waals surface area contributed by atoms with Gasteiger partial charge in [-0.1, -0.05) is 48.0 Å². The third-order valence-electron chi connectivity index (χ3n) is 7.01. The molecule has 0 spiro atoms. The van der Waals surface area contributed by atoms with E-state index in [0.29, 0.717) is 39.3 Å². The molecule has 5 rings (SSSR count). The smallest absolute Gasteiger partial charge is 0.252 e. The van der Waals surface area contributed by atoms with Gasteiger partial charge in [-0.15, -0.1) is 0 Å². The van der Waals surface area contributed by atoms with Gasteiger partial charge in [0.2, 0.25) is 5.95 Å². The van der Waals surface area contributed by atoms with E-state index in [9.17, 15) is 13.6 Å². The first-order valence-corrected chi connectivity index (χ1v) is 13.7. The lowest BCUT2D eigenvalue weighted by Gasteiger charge is -2.35. The van der Waals surface area contributed by atoms with Crippen LogP contribution in [0.1, 0.15) is 24.0 Å². The van der Waals surface area contributed by atoms with E-state index in [4.69, 9.17) is 42.6 Å². The fraction of sp³-hybridized carbons (Fsp3) is 0.267. The minimum Gasteiger partial charge on any atom is -0.495 e. The van der Waals surface area contributed by atoms with E-state index in [2.05, 4.69) is 22.2 Å². The molecule has 12 heteroatoms. The highest BCUT2D eigenvalue weighted by atomic mass is 35.5. The first-order chi connectivity index (χ1) is 20.0. The van der Waals surface area contributed by atoms with Gasteiger partial charge in [0.1, 0.15) is 17.0 Å². The normalized spacial score (nSPS) is 14.3. The van der Waals surface area contributed by atoms with Crippen molar-refractivity contribution in [3.05, 3.63) is 70.4 Å². The second kappa shape index (κ2) is 11.7. The highest BCUT2D eigenvalue weighted by molar-refractivity contribution is 6.41. The average molecular weight is 614 g/mol. The van der Waals surface area contributed by atoms with E-state index in [1.807, 2.05) is 25.1 Å². The number of ketones is 1. The maximum Gasteiger partial charge on any atom is 0.252 e. The summed E-state index contributed by atoms with van der Waals surface area (Å²) < 4.78 is 38.3. The Balaban J connectivity index is 1.62. The number of nitrogens with one attached hydrogen (secondary N) is 2. The van der Waals surface area contributed by atoms with Crippen LogP contribution in [0.25, 0.3) is 22.2 Å². The second-order valence-corrected chi connectivity index (χ2v) is 10.7. The van der Waals surface area contributed by atoms with Gasteiger partial charge in [0.05, 0.1) is 30.0 Å². The van der Waals surface area contributed by atoms with Crippen molar-refractivity contribution in [3.8, 4) is 22.8 Å². The zero-order chi connectivity index (χ0) is 30.2. The molecule has 2 heterocycles. The molecule has 1 aliphatic carbocycles. The molecule has 0 amide bonds. The number of anilines is 3. The molecule has 0 bridgehead atoms. The Bertz CT molecular complexity index is 1680. The fourth-order valence-corrected chi connectivity index (χ4v) is 5.52. The van der Waals surface area contributed by atoms with Crippen LogP contribution in [0, 0.1) is 6.92 Å². The molecule has 4 aromatic rings. The number of hydrogen-bond acceptors (Lipinski definition) is 8. The molecule has 2 aromatic heterocycles. The number of pyridine rings is 1. The SMILES string of the molecule is C=CC(=O)Cc1cccc(C)c1Nc1ncc2cc(-c3c(Cl)c(OC)cc(OC)c3Cl)nc(NC3CC(F)(F)C3)c2n1. The van der Waals surface area contributed by atoms with Gasteiger partial charge in [-0.05, 0) is 30.2 Å². The van der Waals surface area contributed by atoms with Crippen LogP contribution in [-0.2, 0) is 11.2 Å². The maximum absolute atomic E-state index is 13.7. The average Bonchev–Trinajstić information content (AvgIpc) is 2.94. The summed E-state index contributed by atoms with van der Waals surface area (Å²) in [5.74, 6) is -1.74. The molecule has 2 aromatic carbocycles. The van der Waals surface area contributed by atoms with Crippen LogP contribution in [0.2, 0.25) is 10.0 Å². The number of carbonyl (C=O) groups excluding carboxylic acids is 1. The highest BCUT2D eigenvalue weighted by Crippen LogP contribution is 2.47. The quantitative estimate of drug-likeness (QED) is 0.177. The predicted molar refractivity (Wildman–Crippen MR) is 161 cm³/mol. The number of nitrogens with zero attached hydrogens (tertiary/aromatic N) is 3. The zero-order valence-corrected chi connectivity index (χ0v) is 24.5. The zero-order valence-electron chi connectivity index (χ0n) is 23.0.